The summed E-state index contributed by atoms with van der Waals surface area (Å²) in [5.41, 5.74) is 2.40. The predicted molar refractivity (Wildman–Crippen MR) is 91.9 cm³/mol. The first-order chi connectivity index (χ1) is 10.5. The van der Waals surface area contributed by atoms with Crippen molar-refractivity contribution in [2.75, 3.05) is 14.2 Å². The molecule has 0 bridgehead atoms. The van der Waals surface area contributed by atoms with Gasteiger partial charge in [0.15, 0.2) is 0 Å². The summed E-state index contributed by atoms with van der Waals surface area (Å²) >= 11 is 0. The standard InChI is InChI=1S/C20H24O2/c1-20(2,12-8-11-16-9-6-5-7-10-16)17-13-18(21-3)15-19(14-17)22-4/h5-10,12-15H,11H2,1-4H3. The lowest BCUT2D eigenvalue weighted by atomic mass is 9.83. The maximum absolute atomic E-state index is 5.36. The molecule has 0 heterocycles. The van der Waals surface area contributed by atoms with Crippen LogP contribution in [0.15, 0.2) is 60.7 Å². The van der Waals surface area contributed by atoms with E-state index in [1.165, 1.54) is 11.1 Å². The van der Waals surface area contributed by atoms with Crippen molar-refractivity contribution in [1.29, 1.82) is 0 Å². The Morgan fingerprint density at radius 1 is 0.909 bits per heavy atom. The van der Waals surface area contributed by atoms with E-state index in [0.29, 0.717) is 0 Å². The van der Waals surface area contributed by atoms with Gasteiger partial charge in [0.25, 0.3) is 0 Å². The van der Waals surface area contributed by atoms with Gasteiger partial charge in [0.1, 0.15) is 11.5 Å². The van der Waals surface area contributed by atoms with Crippen molar-refractivity contribution in [1.82, 2.24) is 0 Å². The minimum atomic E-state index is -0.0867. The molecule has 0 saturated carbocycles. The first-order valence-corrected chi connectivity index (χ1v) is 7.50. The van der Waals surface area contributed by atoms with Gasteiger partial charge < -0.3 is 9.47 Å². The number of methoxy groups -OCH3 is 2. The Balaban J connectivity index is 2.18. The number of hydrogen-bond acceptors (Lipinski definition) is 2. The highest BCUT2D eigenvalue weighted by Crippen LogP contribution is 2.32. The van der Waals surface area contributed by atoms with E-state index in [2.05, 4.69) is 62.4 Å². The molecule has 22 heavy (non-hydrogen) atoms. The fourth-order valence-corrected chi connectivity index (χ4v) is 2.38. The molecule has 0 N–H and O–H groups in total. The minimum Gasteiger partial charge on any atom is -0.497 e. The molecule has 0 aromatic heterocycles. The van der Waals surface area contributed by atoms with Crippen LogP contribution in [-0.4, -0.2) is 14.2 Å². The number of hydrogen-bond donors (Lipinski definition) is 0. The van der Waals surface area contributed by atoms with Gasteiger partial charge >= 0.3 is 0 Å². The molecule has 0 aliphatic heterocycles. The second kappa shape index (κ2) is 7.17. The van der Waals surface area contributed by atoms with Gasteiger partial charge in [-0.25, -0.2) is 0 Å². The molecule has 0 aliphatic carbocycles. The van der Waals surface area contributed by atoms with Crippen LogP contribution in [0.25, 0.3) is 0 Å². The number of allylic oxidation sites excluding steroid dienone is 2. The Bertz CT molecular complexity index is 605. The maximum Gasteiger partial charge on any atom is 0.122 e. The predicted octanol–water partition coefficient (Wildman–Crippen LogP) is 4.78. The Morgan fingerprint density at radius 2 is 1.50 bits per heavy atom. The van der Waals surface area contributed by atoms with Crippen LogP contribution in [0.2, 0.25) is 0 Å². The average molecular weight is 296 g/mol. The third-order valence-electron chi connectivity index (χ3n) is 3.83. The summed E-state index contributed by atoms with van der Waals surface area (Å²) < 4.78 is 10.7. The van der Waals surface area contributed by atoms with Gasteiger partial charge in [-0.05, 0) is 29.7 Å². The molecule has 0 atom stereocenters. The number of ether oxygens (including phenoxy) is 2. The topological polar surface area (TPSA) is 18.5 Å². The van der Waals surface area contributed by atoms with E-state index in [0.717, 1.165) is 17.9 Å². The van der Waals surface area contributed by atoms with Gasteiger partial charge in [-0.2, -0.15) is 0 Å². The van der Waals surface area contributed by atoms with Crippen molar-refractivity contribution in [3.8, 4) is 11.5 Å². The highest BCUT2D eigenvalue weighted by atomic mass is 16.5. The van der Waals surface area contributed by atoms with Gasteiger partial charge in [-0.1, -0.05) is 56.3 Å². The van der Waals surface area contributed by atoms with E-state index in [1.54, 1.807) is 14.2 Å². The van der Waals surface area contributed by atoms with Gasteiger partial charge in [-0.3, -0.25) is 0 Å². The van der Waals surface area contributed by atoms with Crippen molar-refractivity contribution in [3.05, 3.63) is 71.8 Å². The second-order valence-corrected chi connectivity index (χ2v) is 5.92. The normalized spacial score (nSPS) is 11.6. The average Bonchev–Trinajstić information content (AvgIpc) is 2.55. The van der Waals surface area contributed by atoms with Crippen LogP contribution < -0.4 is 9.47 Å². The summed E-state index contributed by atoms with van der Waals surface area (Å²) in [6.07, 6.45) is 5.40. The zero-order valence-electron chi connectivity index (χ0n) is 13.8. The van der Waals surface area contributed by atoms with Crippen LogP contribution >= 0.6 is 0 Å². The lowest BCUT2D eigenvalue weighted by Crippen LogP contribution is -2.14. The van der Waals surface area contributed by atoms with Crippen molar-refractivity contribution >= 4 is 0 Å². The first kappa shape index (κ1) is 16.2. The summed E-state index contributed by atoms with van der Waals surface area (Å²) in [5.74, 6) is 1.64. The molecule has 0 unspecified atom stereocenters. The lowest BCUT2D eigenvalue weighted by Gasteiger charge is -2.22. The number of benzene rings is 2. The molecule has 0 saturated heterocycles. The van der Waals surface area contributed by atoms with Crippen LogP contribution in [0, 0.1) is 0 Å². The Hall–Kier alpha value is -2.22. The van der Waals surface area contributed by atoms with Crippen LogP contribution in [0.5, 0.6) is 11.5 Å². The van der Waals surface area contributed by atoms with Gasteiger partial charge in [0, 0.05) is 11.5 Å². The molecular weight excluding hydrogens is 272 g/mol. The highest BCUT2D eigenvalue weighted by molar-refractivity contribution is 5.43. The first-order valence-electron chi connectivity index (χ1n) is 7.50. The van der Waals surface area contributed by atoms with Crippen molar-refractivity contribution in [2.45, 2.75) is 25.7 Å². The summed E-state index contributed by atoms with van der Waals surface area (Å²) in [4.78, 5) is 0. The molecule has 0 radical (unpaired) electrons. The maximum atomic E-state index is 5.36. The molecule has 0 fully saturated rings. The summed E-state index contributed by atoms with van der Waals surface area (Å²) in [7, 11) is 3.35. The molecule has 2 heteroatoms. The molecule has 2 aromatic carbocycles. The largest absolute Gasteiger partial charge is 0.497 e. The van der Waals surface area contributed by atoms with Crippen molar-refractivity contribution < 1.29 is 9.47 Å². The summed E-state index contributed by atoms with van der Waals surface area (Å²) in [6, 6.07) is 16.5. The van der Waals surface area contributed by atoms with Crippen LogP contribution in [0.3, 0.4) is 0 Å². The lowest BCUT2D eigenvalue weighted by molar-refractivity contribution is 0.392. The molecule has 0 spiro atoms. The highest BCUT2D eigenvalue weighted by Gasteiger charge is 2.18. The monoisotopic (exact) mass is 296 g/mol. The Labute approximate surface area is 133 Å². The van der Waals surface area contributed by atoms with E-state index in [1.807, 2.05) is 12.1 Å². The molecule has 0 amide bonds. The van der Waals surface area contributed by atoms with Crippen molar-refractivity contribution in [3.63, 3.8) is 0 Å². The zero-order chi connectivity index (χ0) is 16.0. The van der Waals surface area contributed by atoms with Crippen molar-refractivity contribution in [2.24, 2.45) is 0 Å². The van der Waals surface area contributed by atoms with E-state index in [-0.39, 0.29) is 5.41 Å². The van der Waals surface area contributed by atoms with E-state index in [9.17, 15) is 0 Å². The minimum absolute atomic E-state index is 0.0867. The van der Waals surface area contributed by atoms with E-state index >= 15 is 0 Å². The Morgan fingerprint density at radius 3 is 2.05 bits per heavy atom. The smallest absolute Gasteiger partial charge is 0.122 e. The molecular formula is C20H24O2. The summed E-state index contributed by atoms with van der Waals surface area (Å²) in [5, 5.41) is 0. The van der Waals surface area contributed by atoms with E-state index in [4.69, 9.17) is 9.47 Å². The zero-order valence-corrected chi connectivity index (χ0v) is 13.8. The van der Waals surface area contributed by atoms with Gasteiger partial charge in [0.2, 0.25) is 0 Å². The fraction of sp³-hybridized carbons (Fsp3) is 0.300. The molecule has 2 nitrogen and oxygen atoms in total. The van der Waals surface area contributed by atoms with Crippen LogP contribution in [0.4, 0.5) is 0 Å². The third-order valence-corrected chi connectivity index (χ3v) is 3.83. The molecule has 116 valence electrons. The third kappa shape index (κ3) is 4.14. The fourth-order valence-electron chi connectivity index (χ4n) is 2.38. The molecule has 2 rings (SSSR count). The Kier molecular flexibility index (Phi) is 5.26. The quantitative estimate of drug-likeness (QED) is 0.714. The molecule has 2 aromatic rings. The van der Waals surface area contributed by atoms with Crippen LogP contribution in [0.1, 0.15) is 25.0 Å². The van der Waals surface area contributed by atoms with Gasteiger partial charge in [-0.15, -0.1) is 0 Å². The SMILES string of the molecule is COc1cc(OC)cc(C(C)(C)C=CCc2ccccc2)c1. The molecule has 0 aliphatic rings. The summed E-state index contributed by atoms with van der Waals surface area (Å²) in [6.45, 7) is 4.39. The van der Waals surface area contributed by atoms with Gasteiger partial charge in [0.05, 0.1) is 14.2 Å². The second-order valence-electron chi connectivity index (χ2n) is 5.92. The number of rotatable bonds is 6. The van der Waals surface area contributed by atoms with E-state index < -0.39 is 0 Å². The van der Waals surface area contributed by atoms with Crippen LogP contribution in [-0.2, 0) is 11.8 Å².